The van der Waals surface area contributed by atoms with Crippen molar-refractivity contribution in [2.45, 2.75) is 0 Å². The first kappa shape index (κ1) is 35.0. The van der Waals surface area contributed by atoms with Crippen LogP contribution in [-0.4, -0.2) is 9.13 Å². The number of para-hydroxylation sites is 4. The lowest BCUT2D eigenvalue weighted by Crippen LogP contribution is -1.93. The molecular formula is C60H36N2O2. The Balaban J connectivity index is 0.866. The first-order valence-corrected chi connectivity index (χ1v) is 21.8. The molecule has 0 saturated carbocycles. The minimum absolute atomic E-state index is 0.875. The molecule has 0 atom stereocenters. The van der Waals surface area contributed by atoms with Gasteiger partial charge < -0.3 is 18.0 Å². The van der Waals surface area contributed by atoms with Crippen molar-refractivity contribution in [2.75, 3.05) is 0 Å². The van der Waals surface area contributed by atoms with Crippen molar-refractivity contribution in [3.8, 4) is 44.8 Å². The molecule has 0 unspecified atom stereocenters. The van der Waals surface area contributed by atoms with Gasteiger partial charge in [0.1, 0.15) is 22.3 Å². The summed E-state index contributed by atoms with van der Waals surface area (Å²) >= 11 is 0. The van der Waals surface area contributed by atoms with Crippen LogP contribution in [0.15, 0.2) is 227 Å². The van der Waals surface area contributed by atoms with E-state index in [-0.39, 0.29) is 0 Å². The summed E-state index contributed by atoms with van der Waals surface area (Å²) < 4.78 is 17.4. The molecule has 0 N–H and O–H groups in total. The van der Waals surface area contributed by atoms with Gasteiger partial charge in [-0.2, -0.15) is 0 Å². The van der Waals surface area contributed by atoms with Gasteiger partial charge in [-0.3, -0.25) is 0 Å². The Labute approximate surface area is 367 Å². The van der Waals surface area contributed by atoms with E-state index in [4.69, 9.17) is 8.83 Å². The third-order valence-corrected chi connectivity index (χ3v) is 13.3. The van der Waals surface area contributed by atoms with Gasteiger partial charge in [0.05, 0.1) is 22.1 Å². The summed E-state index contributed by atoms with van der Waals surface area (Å²) in [6.45, 7) is 0. The van der Waals surface area contributed by atoms with Crippen LogP contribution in [0, 0.1) is 0 Å². The number of nitrogens with zero attached hydrogens (tertiary/aromatic N) is 2. The summed E-state index contributed by atoms with van der Waals surface area (Å²) in [6, 6.07) is 78.6. The van der Waals surface area contributed by atoms with Gasteiger partial charge in [0.15, 0.2) is 0 Å². The predicted molar refractivity (Wildman–Crippen MR) is 266 cm³/mol. The van der Waals surface area contributed by atoms with Crippen LogP contribution in [-0.2, 0) is 0 Å². The Hall–Kier alpha value is -8.60. The maximum absolute atomic E-state index is 6.50. The molecule has 14 aromatic rings. The van der Waals surface area contributed by atoms with E-state index < -0.39 is 0 Å². The van der Waals surface area contributed by atoms with Crippen LogP contribution < -0.4 is 0 Å². The van der Waals surface area contributed by atoms with Gasteiger partial charge in [-0.15, -0.1) is 0 Å². The van der Waals surface area contributed by atoms with E-state index in [1.54, 1.807) is 0 Å². The number of hydrogen-bond donors (Lipinski definition) is 0. The molecule has 4 heteroatoms. The molecule has 0 saturated heterocycles. The van der Waals surface area contributed by atoms with Gasteiger partial charge >= 0.3 is 0 Å². The predicted octanol–water partition coefficient (Wildman–Crippen LogP) is 16.7. The molecule has 0 amide bonds. The summed E-state index contributed by atoms with van der Waals surface area (Å²) in [5.74, 6) is 0. The fourth-order valence-electron chi connectivity index (χ4n) is 10.3. The Morgan fingerprint density at radius 1 is 0.219 bits per heavy atom. The summed E-state index contributed by atoms with van der Waals surface area (Å²) in [5, 5.41) is 9.38. The molecule has 0 bridgehead atoms. The standard InChI is InChI=1S/C60H36N2O2/c1-2-13-43(14-3-1)61-53-18-7-4-15-45(53)48-33-40(22-26-55(48)61)42-24-29-59-51(35-42)52-36-44(25-30-60(52)64-59)62-54-19-8-5-16-46(54)49-32-39(21-27-56(49)62)37-11-10-12-38(31-37)41-23-28-58-50(34-41)47-17-6-9-20-57(47)63-58/h1-36H. The first-order valence-electron chi connectivity index (χ1n) is 21.8. The van der Waals surface area contributed by atoms with Crippen LogP contribution in [0.5, 0.6) is 0 Å². The molecule has 14 rings (SSSR count). The third kappa shape index (κ3) is 5.23. The van der Waals surface area contributed by atoms with Crippen LogP contribution in [0.2, 0.25) is 0 Å². The average Bonchev–Trinajstić information content (AvgIpc) is 4.11. The van der Waals surface area contributed by atoms with Gasteiger partial charge in [-0.1, -0.05) is 115 Å². The zero-order valence-electron chi connectivity index (χ0n) is 34.5. The topological polar surface area (TPSA) is 36.1 Å². The van der Waals surface area contributed by atoms with Gasteiger partial charge in [-0.05, 0) is 137 Å². The van der Waals surface area contributed by atoms with Gasteiger partial charge in [0.2, 0.25) is 0 Å². The van der Waals surface area contributed by atoms with Crippen molar-refractivity contribution >= 4 is 87.5 Å². The number of fused-ring (bicyclic) bond motifs is 12. The Morgan fingerprint density at radius 2 is 0.625 bits per heavy atom. The summed E-state index contributed by atoms with van der Waals surface area (Å²) in [5.41, 5.74) is 17.6. The van der Waals surface area contributed by atoms with E-state index in [9.17, 15) is 0 Å². The lowest BCUT2D eigenvalue weighted by atomic mass is 9.97. The highest BCUT2D eigenvalue weighted by molar-refractivity contribution is 6.13. The molecule has 64 heavy (non-hydrogen) atoms. The second-order valence-electron chi connectivity index (χ2n) is 16.9. The smallest absolute Gasteiger partial charge is 0.135 e. The SMILES string of the molecule is c1ccc(-n2c3ccccc3c3cc(-c4ccc5oc6ccc(-n7c8ccccc8c8cc(-c9cccc(-c%10ccc%11oc%12ccccc%12c%11c%10)c9)ccc87)cc6c5c4)ccc32)cc1. The van der Waals surface area contributed by atoms with E-state index in [1.807, 2.05) is 12.1 Å². The molecule has 4 aromatic heterocycles. The number of aromatic nitrogens is 2. The van der Waals surface area contributed by atoms with Crippen molar-refractivity contribution < 1.29 is 8.83 Å². The number of benzene rings is 10. The molecule has 298 valence electrons. The van der Waals surface area contributed by atoms with Crippen LogP contribution in [0.25, 0.3) is 132 Å². The molecule has 4 heterocycles. The molecule has 0 aliphatic heterocycles. The normalized spacial score (nSPS) is 12.1. The zero-order chi connectivity index (χ0) is 41.9. The highest BCUT2D eigenvalue weighted by atomic mass is 16.3. The van der Waals surface area contributed by atoms with Crippen molar-refractivity contribution in [1.29, 1.82) is 0 Å². The minimum Gasteiger partial charge on any atom is -0.456 e. The monoisotopic (exact) mass is 816 g/mol. The largest absolute Gasteiger partial charge is 0.456 e. The van der Waals surface area contributed by atoms with Crippen molar-refractivity contribution in [3.05, 3.63) is 218 Å². The molecule has 0 fully saturated rings. The van der Waals surface area contributed by atoms with Gasteiger partial charge in [0.25, 0.3) is 0 Å². The number of furan rings is 2. The highest BCUT2D eigenvalue weighted by Gasteiger charge is 2.18. The van der Waals surface area contributed by atoms with Crippen LogP contribution in [0.4, 0.5) is 0 Å². The molecule has 0 spiro atoms. The van der Waals surface area contributed by atoms with E-state index >= 15 is 0 Å². The highest BCUT2D eigenvalue weighted by Crippen LogP contribution is 2.41. The van der Waals surface area contributed by atoms with E-state index in [0.717, 1.165) is 66.3 Å². The second kappa shape index (κ2) is 13.4. The van der Waals surface area contributed by atoms with Gasteiger partial charge in [-0.25, -0.2) is 0 Å². The van der Waals surface area contributed by atoms with Crippen molar-refractivity contribution in [3.63, 3.8) is 0 Å². The van der Waals surface area contributed by atoms with Crippen molar-refractivity contribution in [2.24, 2.45) is 0 Å². The Morgan fingerprint density at radius 3 is 1.23 bits per heavy atom. The Kier molecular flexibility index (Phi) is 7.36. The third-order valence-electron chi connectivity index (χ3n) is 13.3. The van der Waals surface area contributed by atoms with E-state index in [1.165, 1.54) is 65.9 Å². The van der Waals surface area contributed by atoms with Crippen molar-refractivity contribution in [1.82, 2.24) is 9.13 Å². The minimum atomic E-state index is 0.875. The lowest BCUT2D eigenvalue weighted by molar-refractivity contribution is 0.668. The Bertz CT molecular complexity index is 4200. The maximum atomic E-state index is 6.50. The second-order valence-corrected chi connectivity index (χ2v) is 16.9. The fraction of sp³-hybridized carbons (Fsp3) is 0. The number of hydrogen-bond acceptors (Lipinski definition) is 2. The van der Waals surface area contributed by atoms with Crippen LogP contribution in [0.3, 0.4) is 0 Å². The summed E-state index contributed by atoms with van der Waals surface area (Å²) in [4.78, 5) is 0. The molecule has 0 radical (unpaired) electrons. The number of rotatable bonds is 5. The van der Waals surface area contributed by atoms with Crippen LogP contribution in [0.1, 0.15) is 0 Å². The quantitative estimate of drug-likeness (QED) is 0.173. The summed E-state index contributed by atoms with van der Waals surface area (Å²) in [6.07, 6.45) is 0. The lowest BCUT2D eigenvalue weighted by Gasteiger charge is -2.10. The van der Waals surface area contributed by atoms with E-state index in [0.29, 0.717) is 0 Å². The summed E-state index contributed by atoms with van der Waals surface area (Å²) in [7, 11) is 0. The molecule has 4 nitrogen and oxygen atoms in total. The fourth-order valence-corrected chi connectivity index (χ4v) is 10.3. The first-order chi connectivity index (χ1) is 31.7. The molecular weight excluding hydrogens is 781 g/mol. The molecule has 0 aliphatic rings. The van der Waals surface area contributed by atoms with E-state index in [2.05, 4.69) is 215 Å². The zero-order valence-corrected chi connectivity index (χ0v) is 34.5. The maximum Gasteiger partial charge on any atom is 0.135 e. The molecule has 10 aromatic carbocycles. The average molecular weight is 817 g/mol. The van der Waals surface area contributed by atoms with Gasteiger partial charge in [0, 0.05) is 54.5 Å². The van der Waals surface area contributed by atoms with Crippen LogP contribution >= 0.6 is 0 Å². The molecule has 0 aliphatic carbocycles.